The van der Waals surface area contributed by atoms with Crippen LogP contribution in [0.3, 0.4) is 0 Å². The fourth-order valence-electron chi connectivity index (χ4n) is 1.93. The topological polar surface area (TPSA) is 40.5 Å². The maximum atomic E-state index is 11.1. The second kappa shape index (κ2) is 5.12. The number of aliphatic carboxylic acids is 1. The second-order valence-electron chi connectivity index (χ2n) is 4.45. The van der Waals surface area contributed by atoms with Gasteiger partial charge in [0, 0.05) is 6.04 Å². The van der Waals surface area contributed by atoms with Crippen LogP contribution in [0.2, 0.25) is 0 Å². The Hall–Kier alpha value is -1.35. The van der Waals surface area contributed by atoms with E-state index >= 15 is 0 Å². The first kappa shape index (κ1) is 12.7. The molecular weight excluding hydrogens is 202 g/mol. The van der Waals surface area contributed by atoms with E-state index in [0.29, 0.717) is 0 Å². The lowest BCUT2D eigenvalue weighted by Crippen LogP contribution is -2.30. The smallest absolute Gasteiger partial charge is 0.308 e. The van der Waals surface area contributed by atoms with Crippen LogP contribution in [-0.2, 0) is 4.79 Å². The van der Waals surface area contributed by atoms with Crippen molar-refractivity contribution in [2.45, 2.75) is 19.9 Å². The third kappa shape index (κ3) is 2.83. The molecule has 3 heteroatoms. The standard InChI is InChI=1S/C13H19NO2/c1-9-5-7-11(8-6-9)12(14(3)4)10(2)13(15)16/h5-8,10,12H,1-4H3,(H,15,16). The summed E-state index contributed by atoms with van der Waals surface area (Å²) in [4.78, 5) is 13.0. The highest BCUT2D eigenvalue weighted by Crippen LogP contribution is 2.27. The van der Waals surface area contributed by atoms with Crippen molar-refractivity contribution in [3.05, 3.63) is 35.4 Å². The predicted octanol–water partition coefficient (Wildman–Crippen LogP) is 2.32. The zero-order chi connectivity index (χ0) is 12.3. The highest BCUT2D eigenvalue weighted by molar-refractivity contribution is 5.70. The van der Waals surface area contributed by atoms with Crippen molar-refractivity contribution < 1.29 is 9.90 Å². The largest absolute Gasteiger partial charge is 0.481 e. The van der Waals surface area contributed by atoms with Gasteiger partial charge in [0.2, 0.25) is 0 Å². The molecule has 1 aromatic rings. The van der Waals surface area contributed by atoms with Crippen molar-refractivity contribution in [3.63, 3.8) is 0 Å². The zero-order valence-corrected chi connectivity index (χ0v) is 10.3. The Morgan fingerprint density at radius 1 is 1.25 bits per heavy atom. The van der Waals surface area contributed by atoms with E-state index in [-0.39, 0.29) is 6.04 Å². The summed E-state index contributed by atoms with van der Waals surface area (Å²) in [5.41, 5.74) is 2.23. The minimum Gasteiger partial charge on any atom is -0.481 e. The van der Waals surface area contributed by atoms with Gasteiger partial charge >= 0.3 is 5.97 Å². The first-order valence-electron chi connectivity index (χ1n) is 5.39. The van der Waals surface area contributed by atoms with Gasteiger partial charge in [-0.25, -0.2) is 0 Å². The lowest BCUT2D eigenvalue weighted by Gasteiger charge is -2.28. The highest BCUT2D eigenvalue weighted by Gasteiger charge is 2.26. The van der Waals surface area contributed by atoms with Crippen molar-refractivity contribution in [2.75, 3.05) is 14.1 Å². The number of carboxylic acids is 1. The van der Waals surface area contributed by atoms with Crippen LogP contribution in [0.25, 0.3) is 0 Å². The number of carbonyl (C=O) groups is 1. The van der Waals surface area contributed by atoms with Gasteiger partial charge < -0.3 is 10.0 Å². The number of benzene rings is 1. The molecule has 0 bridgehead atoms. The maximum absolute atomic E-state index is 11.1. The molecule has 1 aromatic carbocycles. The molecule has 3 nitrogen and oxygen atoms in total. The Morgan fingerprint density at radius 3 is 2.12 bits per heavy atom. The Labute approximate surface area is 96.7 Å². The average Bonchev–Trinajstić information content (AvgIpc) is 2.20. The maximum Gasteiger partial charge on any atom is 0.308 e. The zero-order valence-electron chi connectivity index (χ0n) is 10.3. The van der Waals surface area contributed by atoms with Crippen LogP contribution in [0.4, 0.5) is 0 Å². The molecule has 0 aliphatic heterocycles. The van der Waals surface area contributed by atoms with E-state index in [1.165, 1.54) is 5.56 Å². The van der Waals surface area contributed by atoms with E-state index in [4.69, 9.17) is 5.11 Å². The molecule has 0 radical (unpaired) electrons. The lowest BCUT2D eigenvalue weighted by molar-refractivity contribution is -0.143. The van der Waals surface area contributed by atoms with E-state index < -0.39 is 11.9 Å². The normalized spacial score (nSPS) is 14.8. The van der Waals surface area contributed by atoms with Crippen molar-refractivity contribution in [1.29, 1.82) is 0 Å². The minimum atomic E-state index is -0.765. The van der Waals surface area contributed by atoms with Gasteiger partial charge in [0.15, 0.2) is 0 Å². The van der Waals surface area contributed by atoms with Crippen molar-refractivity contribution in [2.24, 2.45) is 5.92 Å². The summed E-state index contributed by atoms with van der Waals surface area (Å²) in [7, 11) is 3.81. The summed E-state index contributed by atoms with van der Waals surface area (Å²) in [5, 5.41) is 9.09. The summed E-state index contributed by atoms with van der Waals surface area (Å²) in [6.07, 6.45) is 0. The summed E-state index contributed by atoms with van der Waals surface area (Å²) in [5.74, 6) is -1.18. The first-order valence-corrected chi connectivity index (χ1v) is 5.39. The number of rotatable bonds is 4. The molecular formula is C13H19NO2. The van der Waals surface area contributed by atoms with E-state index in [1.807, 2.05) is 50.2 Å². The first-order chi connectivity index (χ1) is 7.43. The molecule has 0 saturated carbocycles. The van der Waals surface area contributed by atoms with E-state index in [0.717, 1.165) is 5.56 Å². The number of hydrogen-bond donors (Lipinski definition) is 1. The van der Waals surface area contributed by atoms with E-state index in [2.05, 4.69) is 0 Å². The van der Waals surface area contributed by atoms with Gasteiger partial charge in [0.25, 0.3) is 0 Å². The fourth-order valence-corrected chi connectivity index (χ4v) is 1.93. The molecule has 0 aliphatic rings. The second-order valence-corrected chi connectivity index (χ2v) is 4.45. The molecule has 1 rings (SSSR count). The Morgan fingerprint density at radius 2 is 1.75 bits per heavy atom. The lowest BCUT2D eigenvalue weighted by atomic mass is 9.93. The van der Waals surface area contributed by atoms with Crippen LogP contribution in [0.15, 0.2) is 24.3 Å². The summed E-state index contributed by atoms with van der Waals surface area (Å²) in [6, 6.07) is 7.94. The highest BCUT2D eigenvalue weighted by atomic mass is 16.4. The summed E-state index contributed by atoms with van der Waals surface area (Å²) < 4.78 is 0. The van der Waals surface area contributed by atoms with E-state index in [1.54, 1.807) is 6.92 Å². The summed E-state index contributed by atoms with van der Waals surface area (Å²) in [6.45, 7) is 3.77. The Bertz CT molecular complexity index is 357. The monoisotopic (exact) mass is 221 g/mol. The SMILES string of the molecule is Cc1ccc(C(C(C)C(=O)O)N(C)C)cc1. The molecule has 0 heterocycles. The molecule has 2 unspecified atom stereocenters. The molecule has 0 aliphatic carbocycles. The number of hydrogen-bond acceptors (Lipinski definition) is 2. The van der Waals surface area contributed by atoms with Crippen molar-refractivity contribution >= 4 is 5.97 Å². The molecule has 0 amide bonds. The molecule has 88 valence electrons. The van der Waals surface area contributed by atoms with Crippen LogP contribution >= 0.6 is 0 Å². The van der Waals surface area contributed by atoms with Gasteiger partial charge in [-0.05, 0) is 26.6 Å². The fraction of sp³-hybridized carbons (Fsp3) is 0.462. The van der Waals surface area contributed by atoms with Crippen LogP contribution in [0, 0.1) is 12.8 Å². The van der Waals surface area contributed by atoms with Crippen LogP contribution in [0.5, 0.6) is 0 Å². The molecule has 0 aromatic heterocycles. The Balaban J connectivity index is 3.03. The van der Waals surface area contributed by atoms with Crippen LogP contribution in [-0.4, -0.2) is 30.1 Å². The molecule has 1 N–H and O–H groups in total. The molecule has 0 spiro atoms. The molecule has 16 heavy (non-hydrogen) atoms. The van der Waals surface area contributed by atoms with Crippen molar-refractivity contribution in [3.8, 4) is 0 Å². The van der Waals surface area contributed by atoms with Gasteiger partial charge in [0.1, 0.15) is 0 Å². The summed E-state index contributed by atoms with van der Waals surface area (Å²) >= 11 is 0. The van der Waals surface area contributed by atoms with Gasteiger partial charge in [-0.2, -0.15) is 0 Å². The average molecular weight is 221 g/mol. The number of carboxylic acid groups (broad SMARTS) is 1. The van der Waals surface area contributed by atoms with Gasteiger partial charge in [-0.3, -0.25) is 4.79 Å². The van der Waals surface area contributed by atoms with E-state index in [9.17, 15) is 4.79 Å². The van der Waals surface area contributed by atoms with Crippen molar-refractivity contribution in [1.82, 2.24) is 4.90 Å². The predicted molar refractivity (Wildman–Crippen MR) is 64.4 cm³/mol. The van der Waals surface area contributed by atoms with Crippen LogP contribution < -0.4 is 0 Å². The number of aryl methyl sites for hydroxylation is 1. The molecule has 0 saturated heterocycles. The molecule has 0 fully saturated rings. The Kier molecular flexibility index (Phi) is 4.07. The van der Waals surface area contributed by atoms with Gasteiger partial charge in [0.05, 0.1) is 5.92 Å². The number of nitrogens with zero attached hydrogens (tertiary/aromatic N) is 1. The third-order valence-electron chi connectivity index (χ3n) is 2.84. The quantitative estimate of drug-likeness (QED) is 0.848. The van der Waals surface area contributed by atoms with Gasteiger partial charge in [-0.15, -0.1) is 0 Å². The third-order valence-corrected chi connectivity index (χ3v) is 2.84. The van der Waals surface area contributed by atoms with Crippen LogP contribution in [0.1, 0.15) is 24.1 Å². The van der Waals surface area contributed by atoms with Gasteiger partial charge in [-0.1, -0.05) is 36.8 Å². The molecule has 2 atom stereocenters. The minimum absolute atomic E-state index is 0.0851.